The Morgan fingerprint density at radius 1 is 1.38 bits per heavy atom. The lowest BCUT2D eigenvalue weighted by Gasteiger charge is -2.09. The molecule has 0 aliphatic carbocycles. The molecule has 1 fully saturated rings. The van der Waals surface area contributed by atoms with Gasteiger partial charge in [0.15, 0.2) is 5.82 Å². The number of carbonyl (C=O) groups is 1. The van der Waals surface area contributed by atoms with Crippen LogP contribution in [0.25, 0.3) is 5.69 Å². The minimum atomic E-state index is -2.83. The fourth-order valence-electron chi connectivity index (χ4n) is 2.15. The van der Waals surface area contributed by atoms with Crippen molar-refractivity contribution in [1.82, 2.24) is 20.1 Å². The molecule has 1 aliphatic heterocycles. The number of pyridine rings is 1. The highest BCUT2D eigenvalue weighted by atomic mass is 19.3. The van der Waals surface area contributed by atoms with E-state index in [1.54, 1.807) is 41.5 Å². The first kappa shape index (κ1) is 13.6. The third kappa shape index (κ3) is 3.05. The molecule has 1 unspecified atom stereocenters. The minimum Gasteiger partial charge on any atom is -0.308 e. The third-order valence-electron chi connectivity index (χ3n) is 3.19. The van der Waals surface area contributed by atoms with E-state index in [0.29, 0.717) is 5.82 Å². The zero-order chi connectivity index (χ0) is 14.9. The molecule has 0 aromatic carbocycles. The second kappa shape index (κ2) is 5.21. The molecule has 21 heavy (non-hydrogen) atoms. The zero-order valence-electron chi connectivity index (χ0n) is 11.0. The lowest BCUT2D eigenvalue weighted by Crippen LogP contribution is -2.35. The molecule has 1 amide bonds. The summed E-state index contributed by atoms with van der Waals surface area (Å²) in [5.41, 5.74) is 0.788. The normalized spacial score (nSPS) is 20.4. The van der Waals surface area contributed by atoms with Crippen LogP contribution in [-0.4, -0.2) is 39.2 Å². The number of aromatic nitrogens is 3. The predicted molar refractivity (Wildman–Crippen MR) is 71.3 cm³/mol. The fraction of sp³-hybridized carbons (Fsp3) is 0.308. The Labute approximate surface area is 119 Å². The molecular weight excluding hydrogens is 280 g/mol. The second-order valence-corrected chi connectivity index (χ2v) is 4.83. The summed E-state index contributed by atoms with van der Waals surface area (Å²) in [5.74, 6) is -3.03. The molecule has 3 heterocycles. The largest absolute Gasteiger partial charge is 0.308 e. The molecule has 0 bridgehead atoms. The second-order valence-electron chi connectivity index (χ2n) is 4.83. The summed E-state index contributed by atoms with van der Waals surface area (Å²) in [4.78, 5) is 15.8. The highest BCUT2D eigenvalue weighted by Gasteiger charge is 2.42. The van der Waals surface area contributed by atoms with Crippen LogP contribution in [0.4, 0.5) is 14.6 Å². The maximum atomic E-state index is 13.1. The Morgan fingerprint density at radius 2 is 2.14 bits per heavy atom. The van der Waals surface area contributed by atoms with E-state index in [-0.39, 0.29) is 0 Å². The summed E-state index contributed by atoms with van der Waals surface area (Å²) >= 11 is 0. The van der Waals surface area contributed by atoms with Crippen LogP contribution in [0.2, 0.25) is 0 Å². The van der Waals surface area contributed by atoms with E-state index in [9.17, 15) is 13.6 Å². The number of alkyl halides is 2. The van der Waals surface area contributed by atoms with Crippen LogP contribution < -0.4 is 10.6 Å². The summed E-state index contributed by atoms with van der Waals surface area (Å²) in [7, 11) is 0. The van der Waals surface area contributed by atoms with Gasteiger partial charge in [0.2, 0.25) is 5.91 Å². The van der Waals surface area contributed by atoms with Gasteiger partial charge >= 0.3 is 0 Å². The number of halogens is 2. The van der Waals surface area contributed by atoms with Crippen LogP contribution in [0.3, 0.4) is 0 Å². The van der Waals surface area contributed by atoms with Crippen molar-refractivity contribution in [2.45, 2.75) is 18.4 Å². The molecule has 0 spiro atoms. The van der Waals surface area contributed by atoms with E-state index in [1.807, 2.05) is 0 Å². The van der Waals surface area contributed by atoms with Gasteiger partial charge in [0, 0.05) is 31.1 Å². The number of nitrogens with one attached hydrogen (secondary N) is 2. The van der Waals surface area contributed by atoms with Crippen LogP contribution in [0.15, 0.2) is 36.8 Å². The van der Waals surface area contributed by atoms with Gasteiger partial charge in [-0.25, -0.2) is 13.5 Å². The molecule has 0 saturated carbocycles. The van der Waals surface area contributed by atoms with Gasteiger partial charge in [-0.1, -0.05) is 0 Å². The molecule has 2 aromatic rings. The van der Waals surface area contributed by atoms with E-state index in [1.165, 1.54) is 0 Å². The van der Waals surface area contributed by atoms with Crippen LogP contribution in [-0.2, 0) is 4.79 Å². The molecule has 0 radical (unpaired) electrons. The van der Waals surface area contributed by atoms with Crippen molar-refractivity contribution in [2.24, 2.45) is 0 Å². The molecule has 3 rings (SSSR count). The predicted octanol–water partition coefficient (Wildman–Crippen LogP) is 1.20. The molecule has 110 valence electrons. The molecule has 6 nitrogen and oxygen atoms in total. The van der Waals surface area contributed by atoms with Gasteiger partial charge < -0.3 is 5.32 Å². The van der Waals surface area contributed by atoms with Gasteiger partial charge in [0.25, 0.3) is 5.92 Å². The summed E-state index contributed by atoms with van der Waals surface area (Å²) in [6.07, 6.45) is 4.42. The maximum absolute atomic E-state index is 13.1. The highest BCUT2D eigenvalue weighted by molar-refractivity contribution is 5.94. The quantitative estimate of drug-likeness (QED) is 0.892. The smallest absolute Gasteiger partial charge is 0.262 e. The number of anilines is 1. The Hall–Kier alpha value is -2.35. The van der Waals surface area contributed by atoms with Gasteiger partial charge in [-0.05, 0) is 12.1 Å². The van der Waals surface area contributed by atoms with Gasteiger partial charge in [-0.2, -0.15) is 5.10 Å². The number of nitrogens with zero attached hydrogens (tertiary/aromatic N) is 3. The number of hydrogen-bond donors (Lipinski definition) is 2. The van der Waals surface area contributed by atoms with Gasteiger partial charge in [-0.3, -0.25) is 15.1 Å². The maximum Gasteiger partial charge on any atom is 0.262 e. The molecule has 1 atom stereocenters. The number of rotatable bonds is 3. The van der Waals surface area contributed by atoms with E-state index >= 15 is 0 Å². The first-order chi connectivity index (χ1) is 10.0. The lowest BCUT2D eigenvalue weighted by atomic mass is 10.2. The number of hydrogen-bond acceptors (Lipinski definition) is 4. The summed E-state index contributed by atoms with van der Waals surface area (Å²) in [6.45, 7) is -0.476. The highest BCUT2D eigenvalue weighted by Crippen LogP contribution is 2.25. The van der Waals surface area contributed by atoms with Gasteiger partial charge in [-0.15, -0.1) is 0 Å². The van der Waals surface area contributed by atoms with Crippen molar-refractivity contribution in [2.75, 3.05) is 11.9 Å². The van der Waals surface area contributed by atoms with Gasteiger partial charge in [0.1, 0.15) is 0 Å². The van der Waals surface area contributed by atoms with Crippen molar-refractivity contribution in [1.29, 1.82) is 0 Å². The third-order valence-corrected chi connectivity index (χ3v) is 3.19. The Bertz CT molecular complexity index is 643. The number of amides is 1. The van der Waals surface area contributed by atoms with Crippen LogP contribution in [0.1, 0.15) is 6.42 Å². The van der Waals surface area contributed by atoms with Gasteiger partial charge in [0.05, 0.1) is 18.3 Å². The van der Waals surface area contributed by atoms with Crippen LogP contribution in [0.5, 0.6) is 0 Å². The average Bonchev–Trinajstić information content (AvgIpc) is 3.06. The minimum absolute atomic E-state index is 0.314. The fourth-order valence-corrected chi connectivity index (χ4v) is 2.15. The van der Waals surface area contributed by atoms with Crippen molar-refractivity contribution in [3.05, 3.63) is 36.8 Å². The van der Waals surface area contributed by atoms with Crippen LogP contribution >= 0.6 is 0 Å². The molecule has 2 N–H and O–H groups in total. The summed E-state index contributed by atoms with van der Waals surface area (Å²) in [5, 5.41) is 9.20. The molecule has 8 heteroatoms. The molecular formula is C13H13F2N5O. The average molecular weight is 293 g/mol. The standard InChI is InChI=1S/C13H13F2N5O/c14-13(15)7-10(17-8-13)12(21)18-11-3-6-20(19-11)9-1-4-16-5-2-9/h1-6,10,17H,7-8H2,(H,18,19,21). The topological polar surface area (TPSA) is 71.8 Å². The van der Waals surface area contributed by atoms with Crippen molar-refractivity contribution in [3.63, 3.8) is 0 Å². The molecule has 1 saturated heterocycles. The molecule has 2 aromatic heterocycles. The van der Waals surface area contributed by atoms with Crippen molar-refractivity contribution >= 4 is 11.7 Å². The lowest BCUT2D eigenvalue weighted by molar-refractivity contribution is -0.118. The zero-order valence-corrected chi connectivity index (χ0v) is 11.0. The number of carbonyl (C=O) groups excluding carboxylic acids is 1. The van der Waals surface area contributed by atoms with Crippen LogP contribution in [0, 0.1) is 0 Å². The van der Waals surface area contributed by atoms with E-state index in [4.69, 9.17) is 0 Å². The Balaban J connectivity index is 1.66. The van der Waals surface area contributed by atoms with Crippen molar-refractivity contribution < 1.29 is 13.6 Å². The van der Waals surface area contributed by atoms with E-state index in [0.717, 1.165) is 5.69 Å². The van der Waals surface area contributed by atoms with E-state index < -0.39 is 30.8 Å². The first-order valence-electron chi connectivity index (χ1n) is 6.42. The summed E-state index contributed by atoms with van der Waals surface area (Å²) in [6, 6.07) is 4.23. The summed E-state index contributed by atoms with van der Waals surface area (Å²) < 4.78 is 27.7. The monoisotopic (exact) mass is 293 g/mol. The SMILES string of the molecule is O=C(Nc1ccn(-c2ccncc2)n1)C1CC(F)(F)CN1. The van der Waals surface area contributed by atoms with Crippen molar-refractivity contribution in [3.8, 4) is 5.69 Å². The molecule has 1 aliphatic rings. The Kier molecular flexibility index (Phi) is 3.38. The first-order valence-corrected chi connectivity index (χ1v) is 6.42. The Morgan fingerprint density at radius 3 is 2.81 bits per heavy atom. The van der Waals surface area contributed by atoms with E-state index in [2.05, 4.69) is 20.7 Å².